The molecule has 1 spiro atoms. The average molecular weight is 277 g/mol. The molecule has 1 saturated heterocycles. The second-order valence-electron chi connectivity index (χ2n) is 3.32. The summed E-state index contributed by atoms with van der Waals surface area (Å²) in [5.41, 5.74) is 0. The number of halogens is 1. The van der Waals surface area contributed by atoms with Crippen molar-refractivity contribution in [2.45, 2.75) is 11.6 Å². The van der Waals surface area contributed by atoms with Gasteiger partial charge < -0.3 is 18.9 Å². The van der Waals surface area contributed by atoms with Crippen LogP contribution in [0.1, 0.15) is 0 Å². The zero-order valence-corrected chi connectivity index (χ0v) is 10.2. The Balaban J connectivity index is 2.29. The van der Waals surface area contributed by atoms with Crippen molar-refractivity contribution in [1.82, 2.24) is 0 Å². The molecule has 0 saturated carbocycles. The van der Waals surface area contributed by atoms with Gasteiger partial charge in [-0.15, -0.1) is 0 Å². The summed E-state index contributed by atoms with van der Waals surface area (Å²) in [4.78, 5) is 0. The fraction of sp³-hybridized carbons (Fsp3) is 0.600. The molecule has 0 radical (unpaired) electrons. The van der Waals surface area contributed by atoms with E-state index < -0.39 is 11.6 Å². The fourth-order valence-electron chi connectivity index (χ4n) is 1.67. The van der Waals surface area contributed by atoms with E-state index in [0.29, 0.717) is 13.2 Å². The Labute approximate surface area is 97.0 Å². The standard InChI is InChI=1S/C10H13BrO4/c1-12-10(13-2)4-3-9(7-8(10)11)14-5-6-15-9/h3-4,7H,5-6H2,1-2H3. The lowest BCUT2D eigenvalue weighted by atomic mass is 10.1. The van der Waals surface area contributed by atoms with Gasteiger partial charge in [0, 0.05) is 14.2 Å². The molecule has 0 aromatic heterocycles. The highest BCUT2D eigenvalue weighted by Gasteiger charge is 2.42. The quantitative estimate of drug-likeness (QED) is 0.567. The van der Waals surface area contributed by atoms with Gasteiger partial charge in [-0.1, -0.05) is 0 Å². The maximum atomic E-state index is 5.51. The highest BCUT2D eigenvalue weighted by Crippen LogP contribution is 2.38. The molecule has 15 heavy (non-hydrogen) atoms. The Bertz CT molecular complexity index is 301. The summed E-state index contributed by atoms with van der Waals surface area (Å²) in [6.07, 6.45) is 5.40. The predicted octanol–water partition coefficient (Wildman–Crippen LogP) is 1.57. The molecule has 1 heterocycles. The normalized spacial score (nSPS) is 27.0. The Morgan fingerprint density at radius 3 is 2.27 bits per heavy atom. The third-order valence-corrected chi connectivity index (χ3v) is 3.32. The fourth-order valence-corrected chi connectivity index (χ4v) is 2.44. The lowest BCUT2D eigenvalue weighted by Crippen LogP contribution is -2.39. The maximum Gasteiger partial charge on any atom is 0.221 e. The minimum Gasteiger partial charge on any atom is -0.346 e. The number of hydrogen-bond donors (Lipinski definition) is 0. The van der Waals surface area contributed by atoms with E-state index in [0.717, 1.165) is 4.48 Å². The zero-order valence-electron chi connectivity index (χ0n) is 8.66. The van der Waals surface area contributed by atoms with E-state index in [1.807, 2.05) is 6.08 Å². The van der Waals surface area contributed by atoms with Crippen molar-refractivity contribution in [3.63, 3.8) is 0 Å². The second-order valence-corrected chi connectivity index (χ2v) is 4.17. The van der Waals surface area contributed by atoms with Crippen LogP contribution in [0.4, 0.5) is 0 Å². The monoisotopic (exact) mass is 276 g/mol. The molecule has 84 valence electrons. The molecule has 0 bridgehead atoms. The second kappa shape index (κ2) is 3.99. The van der Waals surface area contributed by atoms with Gasteiger partial charge in [-0.2, -0.15) is 0 Å². The van der Waals surface area contributed by atoms with Crippen LogP contribution >= 0.6 is 15.9 Å². The lowest BCUT2D eigenvalue weighted by Gasteiger charge is -2.34. The molecule has 2 rings (SSSR count). The van der Waals surface area contributed by atoms with Crippen molar-refractivity contribution in [2.75, 3.05) is 27.4 Å². The molecule has 0 atom stereocenters. The van der Waals surface area contributed by atoms with Crippen LogP contribution in [0, 0.1) is 0 Å². The van der Waals surface area contributed by atoms with Crippen LogP contribution in [0.15, 0.2) is 22.7 Å². The first-order chi connectivity index (χ1) is 7.16. The van der Waals surface area contributed by atoms with Gasteiger partial charge in [0.25, 0.3) is 0 Å². The van der Waals surface area contributed by atoms with E-state index in [1.54, 1.807) is 26.4 Å². The van der Waals surface area contributed by atoms with Gasteiger partial charge in [-0.05, 0) is 34.2 Å². The zero-order chi connectivity index (χ0) is 10.9. The van der Waals surface area contributed by atoms with Crippen molar-refractivity contribution >= 4 is 15.9 Å². The molecule has 0 N–H and O–H groups in total. The summed E-state index contributed by atoms with van der Waals surface area (Å²) in [6.45, 7) is 1.18. The van der Waals surface area contributed by atoms with Gasteiger partial charge in [0.05, 0.1) is 17.7 Å². The van der Waals surface area contributed by atoms with E-state index >= 15 is 0 Å². The van der Waals surface area contributed by atoms with Gasteiger partial charge in [0.15, 0.2) is 0 Å². The summed E-state index contributed by atoms with van der Waals surface area (Å²) < 4.78 is 22.4. The summed E-state index contributed by atoms with van der Waals surface area (Å²) in [7, 11) is 3.16. The van der Waals surface area contributed by atoms with Crippen molar-refractivity contribution in [3.05, 3.63) is 22.7 Å². The first kappa shape index (κ1) is 11.3. The van der Waals surface area contributed by atoms with E-state index in [-0.39, 0.29) is 0 Å². The first-order valence-corrected chi connectivity index (χ1v) is 5.43. The third kappa shape index (κ3) is 1.79. The van der Waals surface area contributed by atoms with Crippen LogP contribution in [0.5, 0.6) is 0 Å². The number of methoxy groups -OCH3 is 2. The number of hydrogen-bond acceptors (Lipinski definition) is 4. The average Bonchev–Trinajstić information content (AvgIpc) is 2.68. The summed E-state index contributed by atoms with van der Waals surface area (Å²) in [5, 5.41) is 0. The van der Waals surface area contributed by atoms with Gasteiger partial charge in [-0.25, -0.2) is 0 Å². The first-order valence-electron chi connectivity index (χ1n) is 4.64. The summed E-state index contributed by atoms with van der Waals surface area (Å²) in [6, 6.07) is 0. The Morgan fingerprint density at radius 1 is 1.20 bits per heavy atom. The molecule has 1 aliphatic heterocycles. The molecule has 0 unspecified atom stereocenters. The van der Waals surface area contributed by atoms with Crippen LogP contribution in [-0.2, 0) is 18.9 Å². The Kier molecular flexibility index (Phi) is 3.00. The van der Waals surface area contributed by atoms with Crippen LogP contribution in [0.25, 0.3) is 0 Å². The molecule has 2 aliphatic rings. The topological polar surface area (TPSA) is 36.9 Å². The minimum atomic E-state index is -0.861. The molecular formula is C10H13BrO4. The van der Waals surface area contributed by atoms with Gasteiger partial charge in [-0.3, -0.25) is 0 Å². The van der Waals surface area contributed by atoms with Crippen molar-refractivity contribution in [3.8, 4) is 0 Å². The Morgan fingerprint density at radius 2 is 1.80 bits per heavy atom. The highest BCUT2D eigenvalue weighted by atomic mass is 79.9. The molecule has 0 aromatic rings. The van der Waals surface area contributed by atoms with Crippen molar-refractivity contribution < 1.29 is 18.9 Å². The SMILES string of the molecule is COC1(OC)C=CC2(C=C1Br)OCCO2. The number of rotatable bonds is 2. The van der Waals surface area contributed by atoms with Crippen molar-refractivity contribution in [2.24, 2.45) is 0 Å². The molecular weight excluding hydrogens is 264 g/mol. The van der Waals surface area contributed by atoms with E-state index in [9.17, 15) is 0 Å². The molecule has 4 nitrogen and oxygen atoms in total. The van der Waals surface area contributed by atoms with E-state index in [4.69, 9.17) is 18.9 Å². The minimum absolute atomic E-state index is 0.591. The van der Waals surface area contributed by atoms with Crippen LogP contribution in [-0.4, -0.2) is 39.0 Å². The largest absolute Gasteiger partial charge is 0.346 e. The highest BCUT2D eigenvalue weighted by molar-refractivity contribution is 9.11. The molecule has 1 fully saturated rings. The summed E-state index contributed by atoms with van der Waals surface area (Å²) >= 11 is 3.42. The van der Waals surface area contributed by atoms with Gasteiger partial charge in [0.2, 0.25) is 11.6 Å². The maximum absolute atomic E-state index is 5.51. The smallest absolute Gasteiger partial charge is 0.221 e. The Hall–Kier alpha value is -0.200. The van der Waals surface area contributed by atoms with Crippen LogP contribution in [0.3, 0.4) is 0 Å². The van der Waals surface area contributed by atoms with E-state index in [2.05, 4.69) is 15.9 Å². The van der Waals surface area contributed by atoms with Gasteiger partial charge >= 0.3 is 0 Å². The van der Waals surface area contributed by atoms with Gasteiger partial charge in [0.1, 0.15) is 0 Å². The lowest BCUT2D eigenvalue weighted by molar-refractivity contribution is -0.146. The number of ether oxygens (including phenoxy) is 4. The van der Waals surface area contributed by atoms with Crippen molar-refractivity contribution in [1.29, 1.82) is 0 Å². The molecule has 1 aliphatic carbocycles. The van der Waals surface area contributed by atoms with E-state index in [1.165, 1.54) is 0 Å². The van der Waals surface area contributed by atoms with Crippen LogP contribution < -0.4 is 0 Å². The molecule has 0 aromatic carbocycles. The van der Waals surface area contributed by atoms with Crippen LogP contribution in [0.2, 0.25) is 0 Å². The molecule has 0 amide bonds. The third-order valence-electron chi connectivity index (χ3n) is 2.54. The molecule has 5 heteroatoms. The predicted molar refractivity (Wildman–Crippen MR) is 57.5 cm³/mol. The summed E-state index contributed by atoms with van der Waals surface area (Å²) in [5.74, 6) is -1.61.